The monoisotopic (exact) mass is 429 g/mol. The van der Waals surface area contributed by atoms with Crippen LogP contribution in [-0.4, -0.2) is 20.2 Å². The summed E-state index contributed by atoms with van der Waals surface area (Å²) < 4.78 is 29.0. The molecule has 0 aliphatic rings. The van der Waals surface area contributed by atoms with E-state index < -0.39 is 5.97 Å². The fraction of sp³-hybridized carbons (Fsp3) is 0.0769. The number of esters is 1. The highest BCUT2D eigenvalue weighted by atomic mass is 19.1. The number of methoxy groups -OCH3 is 2. The standard InChI is InChI=1S/C26H20FNO4/c1-30-23-6-4-3-5-22(23)20(17-28)15-19-9-13-24(25(16-19)31-2)32-26(29)14-10-18-7-11-21(27)12-8-18/h3-16H,1-2H3/b14-10+,20-15-. The number of carbonyl (C=O) groups is 1. The number of ether oxygens (including phenoxy) is 3. The van der Waals surface area contributed by atoms with Gasteiger partial charge in [0.05, 0.1) is 25.9 Å². The van der Waals surface area contributed by atoms with Crippen LogP contribution in [0.5, 0.6) is 17.2 Å². The molecule has 0 amide bonds. The molecule has 3 aromatic carbocycles. The molecule has 0 aliphatic heterocycles. The van der Waals surface area contributed by atoms with Gasteiger partial charge in [-0.2, -0.15) is 5.26 Å². The van der Waals surface area contributed by atoms with E-state index >= 15 is 0 Å². The molecule has 0 bridgehead atoms. The predicted molar refractivity (Wildman–Crippen MR) is 121 cm³/mol. The number of rotatable bonds is 7. The summed E-state index contributed by atoms with van der Waals surface area (Å²) >= 11 is 0. The predicted octanol–water partition coefficient (Wildman–Crippen LogP) is 5.53. The average molecular weight is 429 g/mol. The Morgan fingerprint density at radius 2 is 1.59 bits per heavy atom. The Morgan fingerprint density at radius 3 is 2.28 bits per heavy atom. The van der Waals surface area contributed by atoms with Crippen LogP contribution in [0.1, 0.15) is 16.7 Å². The maximum atomic E-state index is 13.0. The SMILES string of the molecule is COc1cc(/C=C(/C#N)c2ccccc2OC)ccc1OC(=O)/C=C/c1ccc(F)cc1. The molecule has 0 saturated heterocycles. The van der Waals surface area contributed by atoms with Crippen molar-refractivity contribution >= 4 is 23.7 Å². The molecule has 3 aromatic rings. The quantitative estimate of drug-likeness (QED) is 0.162. The van der Waals surface area contributed by atoms with Crippen LogP contribution in [-0.2, 0) is 4.79 Å². The number of halogens is 1. The Hall–Kier alpha value is -4.37. The average Bonchev–Trinajstić information content (AvgIpc) is 2.83. The van der Waals surface area contributed by atoms with Crippen LogP contribution in [0, 0.1) is 17.1 Å². The first-order chi connectivity index (χ1) is 15.5. The van der Waals surface area contributed by atoms with E-state index in [0.717, 1.165) is 0 Å². The second-order valence-electron chi connectivity index (χ2n) is 6.59. The highest BCUT2D eigenvalue weighted by Gasteiger charge is 2.11. The van der Waals surface area contributed by atoms with Crippen LogP contribution in [0.3, 0.4) is 0 Å². The van der Waals surface area contributed by atoms with Crippen LogP contribution < -0.4 is 14.2 Å². The van der Waals surface area contributed by atoms with Gasteiger partial charge in [0.2, 0.25) is 0 Å². The highest BCUT2D eigenvalue weighted by Crippen LogP contribution is 2.31. The molecule has 0 unspecified atom stereocenters. The Balaban J connectivity index is 1.81. The summed E-state index contributed by atoms with van der Waals surface area (Å²) in [7, 11) is 3.00. The molecule has 0 atom stereocenters. The lowest BCUT2D eigenvalue weighted by Crippen LogP contribution is -2.05. The molecule has 0 fully saturated rings. The molecule has 0 saturated carbocycles. The molecule has 32 heavy (non-hydrogen) atoms. The van der Waals surface area contributed by atoms with Gasteiger partial charge in [-0.15, -0.1) is 0 Å². The highest BCUT2D eigenvalue weighted by molar-refractivity contribution is 5.92. The number of hydrogen-bond donors (Lipinski definition) is 0. The van der Waals surface area contributed by atoms with Crippen LogP contribution in [0.15, 0.2) is 72.8 Å². The van der Waals surface area contributed by atoms with E-state index in [4.69, 9.17) is 14.2 Å². The second-order valence-corrected chi connectivity index (χ2v) is 6.59. The minimum Gasteiger partial charge on any atom is -0.496 e. The summed E-state index contributed by atoms with van der Waals surface area (Å²) in [6, 6.07) is 20.1. The van der Waals surface area contributed by atoms with Crippen molar-refractivity contribution in [1.82, 2.24) is 0 Å². The zero-order chi connectivity index (χ0) is 22.9. The van der Waals surface area contributed by atoms with Gasteiger partial charge in [-0.05, 0) is 59.7 Å². The molecule has 0 radical (unpaired) electrons. The van der Waals surface area contributed by atoms with Gasteiger partial charge in [0.25, 0.3) is 0 Å². The first-order valence-electron chi connectivity index (χ1n) is 9.62. The van der Waals surface area contributed by atoms with E-state index in [9.17, 15) is 14.4 Å². The smallest absolute Gasteiger partial charge is 0.336 e. The molecular weight excluding hydrogens is 409 g/mol. The third-order valence-corrected chi connectivity index (χ3v) is 4.51. The minimum atomic E-state index is -0.609. The van der Waals surface area contributed by atoms with Crippen LogP contribution in [0.2, 0.25) is 0 Å². The van der Waals surface area contributed by atoms with Gasteiger partial charge in [0.15, 0.2) is 11.5 Å². The lowest BCUT2D eigenvalue weighted by atomic mass is 10.0. The van der Waals surface area contributed by atoms with E-state index in [1.807, 2.05) is 12.1 Å². The number of nitriles is 1. The Kier molecular flexibility index (Phi) is 7.39. The molecule has 3 rings (SSSR count). The van der Waals surface area contributed by atoms with Gasteiger partial charge >= 0.3 is 5.97 Å². The van der Waals surface area contributed by atoms with Crippen molar-refractivity contribution in [1.29, 1.82) is 5.26 Å². The first-order valence-corrected chi connectivity index (χ1v) is 9.62. The van der Waals surface area contributed by atoms with Crippen molar-refractivity contribution in [2.75, 3.05) is 14.2 Å². The summed E-state index contributed by atoms with van der Waals surface area (Å²) in [5.74, 6) is 0.191. The molecule has 0 aromatic heterocycles. The molecule has 6 heteroatoms. The van der Waals surface area contributed by atoms with Crippen molar-refractivity contribution in [3.8, 4) is 23.3 Å². The summed E-state index contributed by atoms with van der Waals surface area (Å²) in [4.78, 5) is 12.2. The van der Waals surface area contributed by atoms with E-state index in [0.29, 0.717) is 33.8 Å². The summed E-state index contributed by atoms with van der Waals surface area (Å²) in [5.41, 5.74) is 2.43. The van der Waals surface area contributed by atoms with Gasteiger partial charge < -0.3 is 14.2 Å². The fourth-order valence-corrected chi connectivity index (χ4v) is 2.94. The third kappa shape index (κ3) is 5.61. The normalized spacial score (nSPS) is 11.1. The molecule has 0 N–H and O–H groups in total. The van der Waals surface area contributed by atoms with Gasteiger partial charge in [0.1, 0.15) is 11.6 Å². The van der Waals surface area contributed by atoms with Gasteiger partial charge in [-0.3, -0.25) is 0 Å². The van der Waals surface area contributed by atoms with Crippen LogP contribution in [0.4, 0.5) is 4.39 Å². The first kappa shape index (κ1) is 22.3. The molecule has 0 aliphatic carbocycles. The van der Waals surface area contributed by atoms with Crippen molar-refractivity contribution in [3.05, 3.63) is 95.3 Å². The second kappa shape index (κ2) is 10.6. The third-order valence-electron chi connectivity index (χ3n) is 4.51. The zero-order valence-electron chi connectivity index (χ0n) is 17.5. The lowest BCUT2D eigenvalue weighted by molar-refractivity contribution is -0.129. The number of hydrogen-bond acceptors (Lipinski definition) is 5. The zero-order valence-corrected chi connectivity index (χ0v) is 17.5. The Labute approximate surface area is 185 Å². The molecule has 160 valence electrons. The largest absolute Gasteiger partial charge is 0.496 e. The van der Waals surface area contributed by atoms with Crippen molar-refractivity contribution in [3.63, 3.8) is 0 Å². The molecular formula is C26H20FNO4. The van der Waals surface area contributed by atoms with Gasteiger partial charge in [-0.25, -0.2) is 9.18 Å². The number of carbonyl (C=O) groups excluding carboxylic acids is 1. The summed E-state index contributed by atoms with van der Waals surface area (Å²) in [6.45, 7) is 0. The Morgan fingerprint density at radius 1 is 0.906 bits per heavy atom. The van der Waals surface area contributed by atoms with E-state index in [2.05, 4.69) is 6.07 Å². The molecule has 0 heterocycles. The van der Waals surface area contributed by atoms with Crippen molar-refractivity contribution in [2.45, 2.75) is 0 Å². The van der Waals surface area contributed by atoms with E-state index in [1.165, 1.54) is 31.4 Å². The molecule has 5 nitrogen and oxygen atoms in total. The van der Waals surface area contributed by atoms with E-state index in [1.54, 1.807) is 55.7 Å². The van der Waals surface area contributed by atoms with Crippen LogP contribution in [0.25, 0.3) is 17.7 Å². The van der Waals surface area contributed by atoms with Crippen molar-refractivity contribution in [2.24, 2.45) is 0 Å². The maximum Gasteiger partial charge on any atom is 0.336 e. The summed E-state index contributed by atoms with van der Waals surface area (Å²) in [6.07, 6.45) is 4.47. The summed E-state index contributed by atoms with van der Waals surface area (Å²) in [5, 5.41) is 9.63. The van der Waals surface area contributed by atoms with Gasteiger partial charge in [0, 0.05) is 11.6 Å². The number of benzene rings is 3. The van der Waals surface area contributed by atoms with Crippen LogP contribution >= 0.6 is 0 Å². The lowest BCUT2D eigenvalue weighted by Gasteiger charge is -2.10. The van der Waals surface area contributed by atoms with E-state index in [-0.39, 0.29) is 11.6 Å². The number of para-hydroxylation sites is 1. The maximum absolute atomic E-state index is 13.0. The Bertz CT molecular complexity index is 1210. The number of nitrogens with zero attached hydrogens (tertiary/aromatic N) is 1. The van der Waals surface area contributed by atoms with Gasteiger partial charge in [-0.1, -0.05) is 30.3 Å². The fourth-order valence-electron chi connectivity index (χ4n) is 2.94. The molecule has 0 spiro atoms. The minimum absolute atomic E-state index is 0.231. The topological polar surface area (TPSA) is 68.6 Å². The number of allylic oxidation sites excluding steroid dienone is 1. The van der Waals surface area contributed by atoms with Crippen molar-refractivity contribution < 1.29 is 23.4 Å².